The van der Waals surface area contributed by atoms with Crippen LogP contribution in [0, 0.1) is 0 Å². The van der Waals surface area contributed by atoms with Crippen LogP contribution in [0.25, 0.3) is 0 Å². The van der Waals surface area contributed by atoms with E-state index in [9.17, 15) is 0 Å². The van der Waals surface area contributed by atoms with Crippen molar-refractivity contribution < 1.29 is 9.47 Å². The summed E-state index contributed by atoms with van der Waals surface area (Å²) in [6, 6.07) is 0. The molecular formula is C13H23NO2Si. The van der Waals surface area contributed by atoms with E-state index in [0.29, 0.717) is 13.4 Å². The lowest BCUT2D eigenvalue weighted by Gasteiger charge is -2.06. The maximum absolute atomic E-state index is 5.49. The van der Waals surface area contributed by atoms with Gasteiger partial charge in [-0.05, 0) is 24.1 Å². The quantitative estimate of drug-likeness (QED) is 0.476. The molecule has 0 aromatic rings. The van der Waals surface area contributed by atoms with Gasteiger partial charge in [0.2, 0.25) is 0 Å². The van der Waals surface area contributed by atoms with Crippen LogP contribution in [-0.2, 0) is 9.47 Å². The smallest absolute Gasteiger partial charge is 0.189 e. The Morgan fingerprint density at radius 3 is 2.35 bits per heavy atom. The summed E-state index contributed by atoms with van der Waals surface area (Å²) >= 11 is 0. The molecule has 2 aliphatic rings. The highest BCUT2D eigenvalue weighted by Crippen LogP contribution is 2.33. The third-order valence-corrected chi connectivity index (χ3v) is 2.03. The lowest BCUT2D eigenvalue weighted by molar-refractivity contribution is -0.0140. The van der Waals surface area contributed by atoms with Gasteiger partial charge >= 0.3 is 0 Å². The Kier molecular flexibility index (Phi) is 5.18. The first-order chi connectivity index (χ1) is 7.90. The number of rotatable bonds is 4. The van der Waals surface area contributed by atoms with Crippen LogP contribution >= 0.6 is 0 Å². The van der Waals surface area contributed by atoms with Crippen LogP contribution in [0.2, 0.25) is 19.6 Å². The van der Waals surface area contributed by atoms with Crippen LogP contribution < -0.4 is 5.40 Å². The molecule has 96 valence electrons. The summed E-state index contributed by atoms with van der Waals surface area (Å²) in [5.41, 5.74) is 2.63. The van der Waals surface area contributed by atoms with Gasteiger partial charge < -0.3 is 14.9 Å². The molecule has 2 aliphatic carbocycles. The Balaban J connectivity index is 0.000000249. The molecule has 0 atom stereocenters. The molecule has 0 aromatic heterocycles. The zero-order chi connectivity index (χ0) is 12.9. The molecule has 0 fully saturated rings. The first-order valence-electron chi connectivity index (χ1n) is 6.01. The van der Waals surface area contributed by atoms with Crippen molar-refractivity contribution in [2.75, 3.05) is 13.4 Å². The average Bonchev–Trinajstić information content (AvgIpc) is 2.76. The summed E-state index contributed by atoms with van der Waals surface area (Å²) in [5, 5.41) is 5.49. The Morgan fingerprint density at radius 1 is 1.29 bits per heavy atom. The highest BCUT2D eigenvalue weighted by atomic mass is 28.3. The van der Waals surface area contributed by atoms with Crippen molar-refractivity contribution in [3.05, 3.63) is 35.1 Å². The van der Waals surface area contributed by atoms with Crippen molar-refractivity contribution in [3.8, 4) is 0 Å². The monoisotopic (exact) mass is 253 g/mol. The predicted octanol–water partition coefficient (Wildman–Crippen LogP) is 2.93. The van der Waals surface area contributed by atoms with Crippen molar-refractivity contribution in [2.45, 2.75) is 33.0 Å². The topological polar surface area (TPSA) is 44.5 Å². The summed E-state index contributed by atoms with van der Waals surface area (Å²) in [4.78, 5) is 0. The van der Waals surface area contributed by atoms with Gasteiger partial charge in [0.05, 0.1) is 0 Å². The third-order valence-electron chi connectivity index (χ3n) is 2.03. The standard InChI is InChI=1S/C10H12O2.C3H11NSi/c1-2-11-7-12-10-6-8-3-4-9(10)5-8;1-5(2,3)4/h3-4,6H,2,5,7H2,1H3;4H2,1-3H3. The van der Waals surface area contributed by atoms with Gasteiger partial charge in [0.1, 0.15) is 14.0 Å². The Labute approximate surface area is 105 Å². The molecule has 2 rings (SSSR count). The molecule has 0 unspecified atom stereocenters. The minimum atomic E-state index is -1.11. The fourth-order valence-corrected chi connectivity index (χ4v) is 1.40. The van der Waals surface area contributed by atoms with Crippen LogP contribution in [0.1, 0.15) is 13.3 Å². The predicted molar refractivity (Wildman–Crippen MR) is 74.0 cm³/mol. The van der Waals surface area contributed by atoms with Crippen molar-refractivity contribution in [1.82, 2.24) is 0 Å². The van der Waals surface area contributed by atoms with E-state index in [0.717, 1.165) is 12.2 Å². The largest absolute Gasteiger partial charge is 0.467 e. The molecule has 2 N–H and O–H groups in total. The zero-order valence-corrected chi connectivity index (χ0v) is 12.2. The van der Waals surface area contributed by atoms with Gasteiger partial charge in [0.15, 0.2) is 6.79 Å². The first-order valence-corrected chi connectivity index (χ1v) is 9.59. The van der Waals surface area contributed by atoms with Gasteiger partial charge in [-0.15, -0.1) is 0 Å². The van der Waals surface area contributed by atoms with Crippen LogP contribution in [0.15, 0.2) is 35.1 Å². The van der Waals surface area contributed by atoms with E-state index in [4.69, 9.17) is 14.9 Å². The summed E-state index contributed by atoms with van der Waals surface area (Å²) in [5.74, 6) is 0.987. The van der Waals surface area contributed by atoms with Gasteiger partial charge in [-0.2, -0.15) is 0 Å². The van der Waals surface area contributed by atoms with Crippen LogP contribution in [0.3, 0.4) is 0 Å². The van der Waals surface area contributed by atoms with E-state index in [1.165, 1.54) is 11.1 Å². The molecule has 2 bridgehead atoms. The maximum Gasteiger partial charge on any atom is 0.189 e. The molecule has 0 aliphatic heterocycles. The van der Waals surface area contributed by atoms with Crippen LogP contribution in [0.5, 0.6) is 0 Å². The van der Waals surface area contributed by atoms with E-state index in [1.807, 2.05) is 6.92 Å². The summed E-state index contributed by atoms with van der Waals surface area (Å²) in [6.45, 7) is 9.34. The minimum Gasteiger partial charge on any atom is -0.467 e. The number of hydrogen-bond donors (Lipinski definition) is 1. The Morgan fingerprint density at radius 2 is 1.94 bits per heavy atom. The van der Waals surface area contributed by atoms with E-state index >= 15 is 0 Å². The number of fused-ring (bicyclic) bond motifs is 2. The van der Waals surface area contributed by atoms with Crippen LogP contribution in [-0.4, -0.2) is 21.6 Å². The molecule has 4 heteroatoms. The second kappa shape index (κ2) is 6.19. The van der Waals surface area contributed by atoms with Gasteiger partial charge in [-0.1, -0.05) is 31.8 Å². The number of ether oxygens (including phenoxy) is 2. The van der Waals surface area contributed by atoms with Gasteiger partial charge in [-0.25, -0.2) is 0 Å². The van der Waals surface area contributed by atoms with E-state index in [-0.39, 0.29) is 0 Å². The lowest BCUT2D eigenvalue weighted by Crippen LogP contribution is -2.32. The molecule has 0 saturated carbocycles. The van der Waals surface area contributed by atoms with Gasteiger partial charge in [-0.3, -0.25) is 0 Å². The fourth-order valence-electron chi connectivity index (χ4n) is 1.40. The van der Waals surface area contributed by atoms with Crippen molar-refractivity contribution in [2.24, 2.45) is 5.40 Å². The Hall–Kier alpha value is -0.843. The molecule has 0 amide bonds. The van der Waals surface area contributed by atoms with Crippen molar-refractivity contribution in [3.63, 3.8) is 0 Å². The number of allylic oxidation sites excluding steroid dienone is 5. The van der Waals surface area contributed by atoms with E-state index < -0.39 is 8.24 Å². The molecule has 0 saturated heterocycles. The number of hydrogen-bond acceptors (Lipinski definition) is 3. The number of nitrogens with two attached hydrogens (primary N) is 1. The molecule has 0 radical (unpaired) electrons. The lowest BCUT2D eigenvalue weighted by atomic mass is 10.3. The molecule has 0 heterocycles. The highest BCUT2D eigenvalue weighted by molar-refractivity contribution is 6.72. The molecule has 0 aromatic carbocycles. The summed E-state index contributed by atoms with van der Waals surface area (Å²) in [7, 11) is -1.11. The summed E-state index contributed by atoms with van der Waals surface area (Å²) in [6.07, 6.45) is 7.36. The fraction of sp³-hybridized carbons (Fsp3) is 0.538. The highest BCUT2D eigenvalue weighted by Gasteiger charge is 2.18. The van der Waals surface area contributed by atoms with Gasteiger partial charge in [0.25, 0.3) is 0 Å². The van der Waals surface area contributed by atoms with E-state index in [2.05, 4.69) is 37.9 Å². The molecule has 3 nitrogen and oxygen atoms in total. The third kappa shape index (κ3) is 5.86. The van der Waals surface area contributed by atoms with Crippen molar-refractivity contribution >= 4 is 8.24 Å². The maximum atomic E-state index is 5.49. The van der Waals surface area contributed by atoms with E-state index in [1.54, 1.807) is 0 Å². The summed E-state index contributed by atoms with van der Waals surface area (Å²) < 4.78 is 10.5. The normalized spacial score (nSPS) is 16.9. The Bertz CT molecular complexity index is 345. The minimum absolute atomic E-state index is 0.368. The first kappa shape index (κ1) is 14.2. The SMILES string of the molecule is CCOCOC1=C2C=CC(=C1)C2.C[Si](C)(C)N. The van der Waals surface area contributed by atoms with Crippen LogP contribution in [0.4, 0.5) is 0 Å². The zero-order valence-electron chi connectivity index (χ0n) is 11.2. The average molecular weight is 253 g/mol. The molecule has 0 spiro atoms. The second-order valence-electron chi connectivity index (χ2n) is 5.24. The van der Waals surface area contributed by atoms with Gasteiger partial charge in [0, 0.05) is 13.0 Å². The van der Waals surface area contributed by atoms with Crippen molar-refractivity contribution in [1.29, 1.82) is 0 Å². The second-order valence-corrected chi connectivity index (χ2v) is 9.97. The molecular weight excluding hydrogens is 230 g/mol. The molecule has 17 heavy (non-hydrogen) atoms.